The highest BCUT2D eigenvalue weighted by Crippen LogP contribution is 2.32. The molecule has 0 N–H and O–H groups in total. The summed E-state index contributed by atoms with van der Waals surface area (Å²) in [5.41, 5.74) is -0.723. The number of hydrogen-bond donors (Lipinski definition) is 0. The molecule has 1 aromatic carbocycles. The predicted molar refractivity (Wildman–Crippen MR) is 144 cm³/mol. The van der Waals surface area contributed by atoms with Crippen molar-refractivity contribution in [1.82, 2.24) is 4.90 Å². The summed E-state index contributed by atoms with van der Waals surface area (Å²) in [6.07, 6.45) is 20.5. The SMILES string of the molecule is CCCCCCCCCCCCCCCCCCN1C(=O)N(c2ccccc2)C(=O)C(C)(C)C1=O. The number of amides is 4. The summed E-state index contributed by atoms with van der Waals surface area (Å²) in [4.78, 5) is 41.3. The van der Waals surface area contributed by atoms with Gasteiger partial charge in [-0.15, -0.1) is 0 Å². The van der Waals surface area contributed by atoms with Crippen molar-refractivity contribution in [1.29, 1.82) is 0 Å². The number of carbonyl (C=O) groups excluding carboxylic acids is 3. The number of barbiturate groups is 1. The number of hydrogen-bond acceptors (Lipinski definition) is 3. The molecule has 4 amide bonds. The van der Waals surface area contributed by atoms with Gasteiger partial charge in [0.1, 0.15) is 5.41 Å². The Hall–Kier alpha value is -2.17. The van der Waals surface area contributed by atoms with Crippen LogP contribution in [-0.4, -0.2) is 29.3 Å². The topological polar surface area (TPSA) is 57.7 Å². The predicted octanol–water partition coefficient (Wildman–Crippen LogP) is 8.27. The first-order valence-electron chi connectivity index (χ1n) is 14.2. The van der Waals surface area contributed by atoms with Gasteiger partial charge in [-0.25, -0.2) is 9.69 Å². The van der Waals surface area contributed by atoms with E-state index in [9.17, 15) is 14.4 Å². The molecule has 1 heterocycles. The van der Waals surface area contributed by atoms with Gasteiger partial charge in [-0.05, 0) is 32.4 Å². The van der Waals surface area contributed by atoms with E-state index in [1.165, 1.54) is 88.4 Å². The fourth-order valence-electron chi connectivity index (χ4n) is 4.82. The average molecular weight is 485 g/mol. The lowest BCUT2D eigenvalue weighted by atomic mass is 9.87. The maximum atomic E-state index is 13.0. The number of imide groups is 2. The van der Waals surface area contributed by atoms with Gasteiger partial charge >= 0.3 is 6.03 Å². The van der Waals surface area contributed by atoms with Crippen molar-refractivity contribution < 1.29 is 14.4 Å². The minimum Gasteiger partial charge on any atom is -0.273 e. The number of unbranched alkanes of at least 4 members (excludes halogenated alkanes) is 15. The average Bonchev–Trinajstić information content (AvgIpc) is 2.85. The van der Waals surface area contributed by atoms with Crippen LogP contribution in [0.2, 0.25) is 0 Å². The highest BCUT2D eigenvalue weighted by Gasteiger charge is 2.51. The molecule has 1 aromatic rings. The lowest BCUT2D eigenvalue weighted by molar-refractivity contribution is -0.147. The van der Waals surface area contributed by atoms with E-state index in [4.69, 9.17) is 0 Å². The molecule has 35 heavy (non-hydrogen) atoms. The molecule has 1 saturated heterocycles. The standard InChI is InChI=1S/C30H48N2O3/c1-4-5-6-7-8-9-10-11-12-13-14-15-16-17-18-22-25-31-27(33)30(2,3)28(34)32(29(31)35)26-23-20-19-21-24-26/h19-21,23-24H,4-18,22,25H2,1-3H3. The van der Waals surface area contributed by atoms with Gasteiger partial charge in [0, 0.05) is 6.54 Å². The number of urea groups is 1. The molecule has 0 radical (unpaired) electrons. The smallest absolute Gasteiger partial charge is 0.273 e. The molecule has 1 aliphatic rings. The Morgan fingerprint density at radius 3 is 1.49 bits per heavy atom. The second-order valence-electron chi connectivity index (χ2n) is 10.6. The van der Waals surface area contributed by atoms with Crippen molar-refractivity contribution >= 4 is 23.5 Å². The van der Waals surface area contributed by atoms with Crippen LogP contribution < -0.4 is 4.90 Å². The zero-order valence-corrected chi connectivity index (χ0v) is 22.5. The van der Waals surface area contributed by atoms with Crippen LogP contribution in [0.4, 0.5) is 10.5 Å². The van der Waals surface area contributed by atoms with Crippen molar-refractivity contribution in [2.75, 3.05) is 11.4 Å². The molecule has 0 aliphatic carbocycles. The fraction of sp³-hybridized carbons (Fsp3) is 0.700. The summed E-state index contributed by atoms with van der Waals surface area (Å²) in [5.74, 6) is -0.845. The van der Waals surface area contributed by atoms with E-state index >= 15 is 0 Å². The summed E-state index contributed by atoms with van der Waals surface area (Å²) < 4.78 is 0. The first-order chi connectivity index (χ1) is 16.9. The number of para-hydroxylation sites is 1. The Balaban J connectivity index is 1.59. The summed E-state index contributed by atoms with van der Waals surface area (Å²) in [7, 11) is 0. The molecule has 196 valence electrons. The monoisotopic (exact) mass is 484 g/mol. The van der Waals surface area contributed by atoms with Gasteiger partial charge in [-0.3, -0.25) is 14.5 Å². The Morgan fingerprint density at radius 2 is 1.03 bits per heavy atom. The van der Waals surface area contributed by atoms with Gasteiger partial charge < -0.3 is 0 Å². The highest BCUT2D eigenvalue weighted by molar-refractivity contribution is 6.29. The van der Waals surface area contributed by atoms with Gasteiger partial charge in [0.25, 0.3) is 0 Å². The maximum Gasteiger partial charge on any atom is 0.338 e. The van der Waals surface area contributed by atoms with E-state index in [1.54, 1.807) is 38.1 Å². The van der Waals surface area contributed by atoms with Crippen molar-refractivity contribution in [3.63, 3.8) is 0 Å². The van der Waals surface area contributed by atoms with Gasteiger partial charge in [0.15, 0.2) is 0 Å². The summed E-state index contributed by atoms with van der Waals surface area (Å²) in [5, 5.41) is 0. The summed E-state index contributed by atoms with van der Waals surface area (Å²) >= 11 is 0. The molecule has 5 heteroatoms. The third-order valence-electron chi connectivity index (χ3n) is 7.19. The zero-order chi connectivity index (χ0) is 25.5. The molecule has 0 bridgehead atoms. The molecular formula is C30H48N2O3. The van der Waals surface area contributed by atoms with E-state index in [2.05, 4.69) is 6.92 Å². The molecular weight excluding hydrogens is 436 g/mol. The van der Waals surface area contributed by atoms with Crippen LogP contribution >= 0.6 is 0 Å². The first kappa shape index (κ1) is 29.1. The molecule has 0 atom stereocenters. The van der Waals surface area contributed by atoms with Crippen molar-refractivity contribution in [3.8, 4) is 0 Å². The summed E-state index contributed by atoms with van der Waals surface area (Å²) in [6, 6.07) is 8.36. The van der Waals surface area contributed by atoms with E-state index in [1.807, 2.05) is 6.07 Å². The van der Waals surface area contributed by atoms with Gasteiger partial charge in [0.05, 0.1) is 5.69 Å². The molecule has 1 aliphatic heterocycles. The van der Waals surface area contributed by atoms with E-state index in [-0.39, 0.29) is 5.91 Å². The lowest BCUT2D eigenvalue weighted by Crippen LogP contribution is -2.63. The third-order valence-corrected chi connectivity index (χ3v) is 7.19. The molecule has 0 saturated carbocycles. The van der Waals surface area contributed by atoms with Crippen LogP contribution in [0.3, 0.4) is 0 Å². The lowest BCUT2D eigenvalue weighted by Gasteiger charge is -2.40. The largest absolute Gasteiger partial charge is 0.338 e. The van der Waals surface area contributed by atoms with E-state index in [0.717, 1.165) is 24.2 Å². The maximum absolute atomic E-state index is 13.0. The van der Waals surface area contributed by atoms with Crippen LogP contribution in [0.25, 0.3) is 0 Å². The quantitative estimate of drug-likeness (QED) is 0.156. The van der Waals surface area contributed by atoms with Crippen LogP contribution in [0.15, 0.2) is 30.3 Å². The molecule has 0 aromatic heterocycles. The first-order valence-corrected chi connectivity index (χ1v) is 14.2. The third kappa shape index (κ3) is 9.09. The number of carbonyl (C=O) groups is 3. The Labute approximate surface area is 213 Å². The van der Waals surface area contributed by atoms with Crippen molar-refractivity contribution in [2.45, 2.75) is 124 Å². The Morgan fingerprint density at radius 1 is 0.600 bits per heavy atom. The minimum absolute atomic E-state index is 0.371. The number of benzene rings is 1. The Kier molecular flexibility index (Phi) is 13.1. The molecule has 2 rings (SSSR count). The van der Waals surface area contributed by atoms with Crippen LogP contribution in [0.5, 0.6) is 0 Å². The van der Waals surface area contributed by atoms with Gasteiger partial charge in [-0.1, -0.05) is 121 Å². The number of nitrogens with zero attached hydrogens (tertiary/aromatic N) is 2. The fourth-order valence-corrected chi connectivity index (χ4v) is 4.82. The molecule has 0 spiro atoms. The number of anilines is 1. The number of rotatable bonds is 18. The second-order valence-corrected chi connectivity index (χ2v) is 10.6. The summed E-state index contributed by atoms with van der Waals surface area (Å²) in [6.45, 7) is 5.86. The molecule has 0 unspecified atom stereocenters. The van der Waals surface area contributed by atoms with E-state index < -0.39 is 17.4 Å². The van der Waals surface area contributed by atoms with Crippen LogP contribution in [0.1, 0.15) is 124 Å². The van der Waals surface area contributed by atoms with Gasteiger partial charge in [0.2, 0.25) is 11.8 Å². The van der Waals surface area contributed by atoms with Crippen LogP contribution in [-0.2, 0) is 9.59 Å². The zero-order valence-electron chi connectivity index (χ0n) is 22.5. The van der Waals surface area contributed by atoms with E-state index in [0.29, 0.717) is 12.2 Å². The Bertz CT molecular complexity index is 775. The van der Waals surface area contributed by atoms with Crippen molar-refractivity contribution in [3.05, 3.63) is 30.3 Å². The van der Waals surface area contributed by atoms with Crippen molar-refractivity contribution in [2.24, 2.45) is 5.41 Å². The van der Waals surface area contributed by atoms with Gasteiger partial charge in [-0.2, -0.15) is 0 Å². The minimum atomic E-state index is -1.24. The molecule has 5 nitrogen and oxygen atoms in total. The highest BCUT2D eigenvalue weighted by atomic mass is 16.2. The normalized spacial score (nSPS) is 15.8. The molecule has 1 fully saturated rings. The van der Waals surface area contributed by atoms with Crippen LogP contribution in [0, 0.1) is 5.41 Å². The second kappa shape index (κ2) is 15.7.